The number of amides is 2. The molecule has 0 aliphatic carbocycles. The van der Waals surface area contributed by atoms with Crippen LogP contribution in [0.15, 0.2) is 0 Å². The molecule has 1 aliphatic heterocycles. The first-order valence-electron chi connectivity index (χ1n) is 4.61. The van der Waals surface area contributed by atoms with Crippen molar-refractivity contribution in [3.63, 3.8) is 0 Å². The average molecular weight is 276 g/mol. The second-order valence-electron chi connectivity index (χ2n) is 3.39. The van der Waals surface area contributed by atoms with Crippen molar-refractivity contribution in [1.29, 1.82) is 0 Å². The number of nitrogens with one attached hydrogen (secondary N) is 1. The number of likely N-dealkylation sites (tertiary alicyclic amines) is 1. The Morgan fingerprint density at radius 1 is 1.24 bits per heavy atom. The van der Waals surface area contributed by atoms with Gasteiger partial charge >= 0.3 is 0 Å². The molecule has 1 saturated heterocycles. The van der Waals surface area contributed by atoms with Crippen molar-refractivity contribution in [2.75, 3.05) is 12.4 Å². The third-order valence-corrected chi connectivity index (χ3v) is 2.60. The molecular weight excluding hydrogens is 269 g/mol. The molecule has 2 amide bonds. The van der Waals surface area contributed by atoms with Crippen molar-refractivity contribution in [1.82, 2.24) is 19.9 Å². The average Bonchev–Trinajstić information content (AvgIpc) is 2.45. The van der Waals surface area contributed by atoms with Gasteiger partial charge in [-0.3, -0.25) is 14.5 Å². The van der Waals surface area contributed by atoms with Gasteiger partial charge in [0, 0.05) is 7.05 Å². The minimum atomic E-state index is -0.693. The van der Waals surface area contributed by atoms with E-state index in [0.717, 1.165) is 4.90 Å². The van der Waals surface area contributed by atoms with E-state index < -0.39 is 6.04 Å². The zero-order valence-electron chi connectivity index (χ0n) is 8.65. The van der Waals surface area contributed by atoms with E-state index in [9.17, 15) is 9.59 Å². The Hall–Kier alpha value is -1.47. The van der Waals surface area contributed by atoms with E-state index in [0.29, 0.717) is 0 Å². The summed E-state index contributed by atoms with van der Waals surface area (Å²) < 4.78 is 0. The highest BCUT2D eigenvalue weighted by Gasteiger charge is 2.36. The lowest BCUT2D eigenvalue weighted by atomic mass is 10.2. The smallest absolute Gasteiger partial charge is 0.252 e. The Morgan fingerprint density at radius 2 is 1.82 bits per heavy atom. The normalized spacial score (nSPS) is 19.9. The first kappa shape index (κ1) is 12.0. The molecule has 90 valence electrons. The van der Waals surface area contributed by atoms with Crippen LogP contribution in [0.5, 0.6) is 0 Å². The van der Waals surface area contributed by atoms with Gasteiger partial charge in [-0.15, -0.1) is 0 Å². The summed E-state index contributed by atoms with van der Waals surface area (Å²) >= 11 is 11.2. The first-order chi connectivity index (χ1) is 7.97. The van der Waals surface area contributed by atoms with Crippen LogP contribution in [0.25, 0.3) is 0 Å². The number of hydrogen-bond acceptors (Lipinski definition) is 6. The summed E-state index contributed by atoms with van der Waals surface area (Å²) in [4.78, 5) is 35.0. The number of carbonyl (C=O) groups is 2. The molecule has 0 radical (unpaired) electrons. The van der Waals surface area contributed by atoms with Gasteiger partial charge in [0.15, 0.2) is 0 Å². The number of likely N-dealkylation sites (N-methyl/N-ethyl adjacent to an activating group) is 1. The van der Waals surface area contributed by atoms with Crippen LogP contribution in [-0.2, 0) is 9.59 Å². The highest BCUT2D eigenvalue weighted by Crippen LogP contribution is 2.16. The number of anilines is 1. The Balaban J connectivity index is 2.16. The van der Waals surface area contributed by atoms with Crippen LogP contribution in [0.4, 0.5) is 5.95 Å². The second kappa shape index (κ2) is 4.42. The molecule has 0 spiro atoms. The molecular formula is C8H7Cl2N5O2. The van der Waals surface area contributed by atoms with Gasteiger partial charge in [0.25, 0.3) is 5.91 Å². The SMILES string of the molecule is CN1C(=O)CC(Nc2nc(Cl)nc(Cl)n2)C1=O. The summed E-state index contributed by atoms with van der Waals surface area (Å²) in [6.07, 6.45) is 0.0518. The van der Waals surface area contributed by atoms with Crippen LogP contribution in [0.3, 0.4) is 0 Å². The van der Waals surface area contributed by atoms with Gasteiger partial charge in [-0.25, -0.2) is 0 Å². The van der Waals surface area contributed by atoms with Crippen molar-refractivity contribution in [2.24, 2.45) is 0 Å². The van der Waals surface area contributed by atoms with E-state index in [1.54, 1.807) is 0 Å². The molecule has 7 nitrogen and oxygen atoms in total. The topological polar surface area (TPSA) is 88.1 Å². The largest absolute Gasteiger partial charge is 0.342 e. The van der Waals surface area contributed by atoms with Gasteiger partial charge in [-0.05, 0) is 23.2 Å². The molecule has 1 N–H and O–H groups in total. The van der Waals surface area contributed by atoms with E-state index >= 15 is 0 Å². The van der Waals surface area contributed by atoms with E-state index in [4.69, 9.17) is 23.2 Å². The number of aromatic nitrogens is 3. The summed E-state index contributed by atoms with van der Waals surface area (Å²) in [5, 5.41) is 2.52. The van der Waals surface area contributed by atoms with Crippen LogP contribution in [0, 0.1) is 0 Å². The molecule has 2 heterocycles. The van der Waals surface area contributed by atoms with Crippen molar-refractivity contribution in [2.45, 2.75) is 12.5 Å². The lowest BCUT2D eigenvalue weighted by molar-refractivity contribution is -0.136. The monoisotopic (exact) mass is 275 g/mol. The molecule has 1 fully saturated rings. The molecule has 1 unspecified atom stereocenters. The lowest BCUT2D eigenvalue weighted by Crippen LogP contribution is -2.32. The summed E-state index contributed by atoms with van der Waals surface area (Å²) in [6.45, 7) is 0. The second-order valence-corrected chi connectivity index (χ2v) is 4.07. The fraction of sp³-hybridized carbons (Fsp3) is 0.375. The molecule has 0 bridgehead atoms. The number of halogens is 2. The standard InChI is InChI=1S/C8H7Cl2N5O2/c1-15-4(16)2-3(5(15)17)11-8-13-6(9)12-7(10)14-8/h3H,2H2,1H3,(H,11,12,13,14). The number of carbonyl (C=O) groups excluding carboxylic acids is 2. The predicted molar refractivity (Wildman–Crippen MR) is 59.7 cm³/mol. The highest BCUT2D eigenvalue weighted by molar-refractivity contribution is 6.31. The van der Waals surface area contributed by atoms with Crippen LogP contribution in [0.1, 0.15) is 6.42 Å². The van der Waals surface area contributed by atoms with E-state index in [1.165, 1.54) is 7.05 Å². The van der Waals surface area contributed by atoms with Crippen LogP contribution >= 0.6 is 23.2 Å². The molecule has 1 aliphatic rings. The minimum Gasteiger partial charge on any atom is -0.342 e. The summed E-state index contributed by atoms with van der Waals surface area (Å²) in [5.74, 6) is -0.544. The van der Waals surface area contributed by atoms with Crippen LogP contribution in [0.2, 0.25) is 10.6 Å². The van der Waals surface area contributed by atoms with Gasteiger partial charge in [-0.2, -0.15) is 15.0 Å². The van der Waals surface area contributed by atoms with E-state index in [2.05, 4.69) is 20.3 Å². The van der Waals surface area contributed by atoms with Crippen molar-refractivity contribution < 1.29 is 9.59 Å². The van der Waals surface area contributed by atoms with E-state index in [-0.39, 0.29) is 34.8 Å². The summed E-state index contributed by atoms with van der Waals surface area (Å²) in [6, 6.07) is -0.693. The maximum atomic E-state index is 11.6. The van der Waals surface area contributed by atoms with Gasteiger partial charge in [0.2, 0.25) is 22.4 Å². The van der Waals surface area contributed by atoms with Crippen molar-refractivity contribution in [3.8, 4) is 0 Å². The zero-order chi connectivity index (χ0) is 12.6. The minimum absolute atomic E-state index is 0.0518. The van der Waals surface area contributed by atoms with Gasteiger partial charge in [-0.1, -0.05) is 0 Å². The Morgan fingerprint density at radius 3 is 2.29 bits per heavy atom. The van der Waals surface area contributed by atoms with Crippen molar-refractivity contribution >= 4 is 41.0 Å². The lowest BCUT2D eigenvalue weighted by Gasteiger charge is -2.10. The molecule has 0 aromatic carbocycles. The first-order valence-corrected chi connectivity index (χ1v) is 5.37. The Kier molecular flexibility index (Phi) is 3.12. The number of imide groups is 1. The molecule has 1 atom stereocenters. The molecule has 0 saturated carbocycles. The molecule has 1 aromatic rings. The summed E-state index contributed by atoms with van der Waals surface area (Å²) in [5.41, 5.74) is 0. The number of rotatable bonds is 2. The zero-order valence-corrected chi connectivity index (χ0v) is 10.2. The molecule has 17 heavy (non-hydrogen) atoms. The maximum Gasteiger partial charge on any atom is 0.252 e. The van der Waals surface area contributed by atoms with Crippen LogP contribution in [-0.4, -0.2) is 44.8 Å². The number of nitrogens with zero attached hydrogens (tertiary/aromatic N) is 4. The quantitative estimate of drug-likeness (QED) is 0.784. The van der Waals surface area contributed by atoms with Crippen molar-refractivity contribution in [3.05, 3.63) is 10.6 Å². The molecule has 1 aromatic heterocycles. The molecule has 9 heteroatoms. The Labute approximate surface area is 106 Å². The third-order valence-electron chi connectivity index (χ3n) is 2.27. The summed E-state index contributed by atoms with van der Waals surface area (Å²) in [7, 11) is 1.42. The van der Waals surface area contributed by atoms with Gasteiger partial charge in [0.05, 0.1) is 6.42 Å². The fourth-order valence-electron chi connectivity index (χ4n) is 1.41. The number of hydrogen-bond donors (Lipinski definition) is 1. The highest BCUT2D eigenvalue weighted by atomic mass is 35.5. The third kappa shape index (κ3) is 2.45. The van der Waals surface area contributed by atoms with Gasteiger partial charge in [0.1, 0.15) is 6.04 Å². The fourth-order valence-corrected chi connectivity index (χ4v) is 1.78. The Bertz CT molecular complexity index is 475. The maximum absolute atomic E-state index is 11.6. The molecule has 2 rings (SSSR count). The van der Waals surface area contributed by atoms with Gasteiger partial charge < -0.3 is 5.32 Å². The predicted octanol–water partition coefficient (Wildman–Crippen LogP) is 0.348. The van der Waals surface area contributed by atoms with Crippen LogP contribution < -0.4 is 5.32 Å². The van der Waals surface area contributed by atoms with E-state index in [1.807, 2.05) is 0 Å².